The molecular formula is C10H21NO3. The van der Waals surface area contributed by atoms with E-state index in [1.807, 2.05) is 6.92 Å². The number of hydrogen-bond acceptors (Lipinski definition) is 4. The Balaban J connectivity index is 2.18. The van der Waals surface area contributed by atoms with Crippen molar-refractivity contribution >= 4 is 0 Å². The Bertz CT molecular complexity index is 137. The molecule has 0 aromatic heterocycles. The molecule has 1 unspecified atom stereocenters. The van der Waals surface area contributed by atoms with Gasteiger partial charge in [0, 0.05) is 19.1 Å². The van der Waals surface area contributed by atoms with E-state index in [1.54, 1.807) is 0 Å². The monoisotopic (exact) mass is 203 g/mol. The van der Waals surface area contributed by atoms with Gasteiger partial charge in [-0.2, -0.15) is 0 Å². The SMILES string of the molecule is CCNC(COCC)CC1OCCO1. The lowest BCUT2D eigenvalue weighted by molar-refractivity contribution is -0.0581. The van der Waals surface area contributed by atoms with Gasteiger partial charge in [-0.25, -0.2) is 0 Å². The third kappa shape index (κ3) is 4.37. The molecule has 1 rings (SSSR count). The van der Waals surface area contributed by atoms with Gasteiger partial charge in [-0.15, -0.1) is 0 Å². The summed E-state index contributed by atoms with van der Waals surface area (Å²) in [6.45, 7) is 7.98. The highest BCUT2D eigenvalue weighted by molar-refractivity contribution is 4.68. The zero-order chi connectivity index (χ0) is 10.2. The minimum absolute atomic E-state index is 0.0421. The molecule has 1 saturated heterocycles. The maximum atomic E-state index is 5.39. The Morgan fingerprint density at radius 3 is 2.64 bits per heavy atom. The lowest BCUT2D eigenvalue weighted by Gasteiger charge is -2.20. The van der Waals surface area contributed by atoms with Crippen molar-refractivity contribution in [1.29, 1.82) is 0 Å². The molecule has 1 fully saturated rings. The predicted molar refractivity (Wildman–Crippen MR) is 54.3 cm³/mol. The van der Waals surface area contributed by atoms with Gasteiger partial charge in [0.25, 0.3) is 0 Å². The Morgan fingerprint density at radius 1 is 1.36 bits per heavy atom. The van der Waals surface area contributed by atoms with Crippen LogP contribution in [0.3, 0.4) is 0 Å². The molecule has 0 bridgehead atoms. The van der Waals surface area contributed by atoms with Gasteiger partial charge < -0.3 is 19.5 Å². The fourth-order valence-electron chi connectivity index (χ4n) is 1.53. The highest BCUT2D eigenvalue weighted by atomic mass is 16.7. The molecule has 0 aliphatic carbocycles. The average Bonchev–Trinajstić information content (AvgIpc) is 2.67. The van der Waals surface area contributed by atoms with E-state index >= 15 is 0 Å². The molecule has 1 aliphatic rings. The van der Waals surface area contributed by atoms with Crippen LogP contribution in [0, 0.1) is 0 Å². The Labute approximate surface area is 85.9 Å². The molecule has 0 aromatic rings. The third-order valence-corrected chi connectivity index (χ3v) is 2.18. The first-order valence-corrected chi connectivity index (χ1v) is 5.41. The van der Waals surface area contributed by atoms with E-state index in [4.69, 9.17) is 14.2 Å². The summed E-state index contributed by atoms with van der Waals surface area (Å²) in [6, 6.07) is 0.336. The summed E-state index contributed by atoms with van der Waals surface area (Å²) in [6.07, 6.45) is 0.827. The van der Waals surface area contributed by atoms with E-state index in [-0.39, 0.29) is 6.29 Å². The van der Waals surface area contributed by atoms with Crippen molar-refractivity contribution in [2.75, 3.05) is 33.0 Å². The van der Waals surface area contributed by atoms with Crippen LogP contribution in [-0.4, -0.2) is 45.3 Å². The van der Waals surface area contributed by atoms with E-state index in [9.17, 15) is 0 Å². The first-order chi connectivity index (χ1) is 6.86. The van der Waals surface area contributed by atoms with Crippen molar-refractivity contribution in [3.63, 3.8) is 0 Å². The van der Waals surface area contributed by atoms with E-state index < -0.39 is 0 Å². The van der Waals surface area contributed by atoms with E-state index in [2.05, 4.69) is 12.2 Å². The fraction of sp³-hybridized carbons (Fsp3) is 1.00. The van der Waals surface area contributed by atoms with Crippen LogP contribution in [0.1, 0.15) is 20.3 Å². The number of nitrogens with one attached hydrogen (secondary N) is 1. The zero-order valence-corrected chi connectivity index (χ0v) is 9.12. The first kappa shape index (κ1) is 11.9. The molecule has 84 valence electrons. The minimum atomic E-state index is -0.0421. The highest BCUT2D eigenvalue weighted by Crippen LogP contribution is 2.10. The van der Waals surface area contributed by atoms with Crippen molar-refractivity contribution in [3.8, 4) is 0 Å². The van der Waals surface area contributed by atoms with Crippen molar-refractivity contribution in [2.24, 2.45) is 0 Å². The van der Waals surface area contributed by atoms with E-state index in [0.29, 0.717) is 6.04 Å². The summed E-state index contributed by atoms with van der Waals surface area (Å²) < 4.78 is 16.2. The number of ether oxygens (including phenoxy) is 3. The summed E-state index contributed by atoms with van der Waals surface area (Å²) in [5, 5.41) is 3.36. The van der Waals surface area contributed by atoms with Gasteiger partial charge in [-0.05, 0) is 13.5 Å². The predicted octanol–water partition coefficient (Wildman–Crippen LogP) is 0.764. The van der Waals surface area contributed by atoms with Crippen LogP contribution in [0.15, 0.2) is 0 Å². The molecule has 1 N–H and O–H groups in total. The summed E-state index contributed by atoms with van der Waals surface area (Å²) in [5.74, 6) is 0. The second-order valence-corrected chi connectivity index (χ2v) is 3.32. The maximum absolute atomic E-state index is 5.39. The fourth-order valence-corrected chi connectivity index (χ4v) is 1.53. The van der Waals surface area contributed by atoms with Crippen LogP contribution in [0.25, 0.3) is 0 Å². The second kappa shape index (κ2) is 7.17. The van der Waals surface area contributed by atoms with E-state index in [1.165, 1.54) is 0 Å². The van der Waals surface area contributed by atoms with Gasteiger partial charge in [-0.1, -0.05) is 6.92 Å². The smallest absolute Gasteiger partial charge is 0.159 e. The first-order valence-electron chi connectivity index (χ1n) is 5.41. The summed E-state index contributed by atoms with van der Waals surface area (Å²) >= 11 is 0. The molecule has 0 saturated carbocycles. The van der Waals surface area contributed by atoms with Crippen LogP contribution < -0.4 is 5.32 Å². The van der Waals surface area contributed by atoms with Gasteiger partial charge in [0.05, 0.1) is 19.8 Å². The van der Waals surface area contributed by atoms with Crippen LogP contribution in [-0.2, 0) is 14.2 Å². The van der Waals surface area contributed by atoms with Gasteiger partial charge in [0.2, 0.25) is 0 Å². The Morgan fingerprint density at radius 2 is 2.07 bits per heavy atom. The van der Waals surface area contributed by atoms with Crippen molar-refractivity contribution in [1.82, 2.24) is 5.32 Å². The molecule has 0 aromatic carbocycles. The highest BCUT2D eigenvalue weighted by Gasteiger charge is 2.20. The molecular weight excluding hydrogens is 182 g/mol. The Hall–Kier alpha value is -0.160. The number of rotatable bonds is 7. The minimum Gasteiger partial charge on any atom is -0.380 e. The molecule has 1 aliphatic heterocycles. The summed E-state index contributed by atoms with van der Waals surface area (Å²) in [5.41, 5.74) is 0. The molecule has 1 atom stereocenters. The normalized spacial score (nSPS) is 20.1. The molecule has 0 amide bonds. The number of likely N-dealkylation sites (N-methyl/N-ethyl adjacent to an activating group) is 1. The lowest BCUT2D eigenvalue weighted by atomic mass is 10.2. The van der Waals surface area contributed by atoms with Gasteiger partial charge >= 0.3 is 0 Å². The van der Waals surface area contributed by atoms with Crippen molar-refractivity contribution in [2.45, 2.75) is 32.6 Å². The maximum Gasteiger partial charge on any atom is 0.159 e. The van der Waals surface area contributed by atoms with Crippen LogP contribution in [0.5, 0.6) is 0 Å². The largest absolute Gasteiger partial charge is 0.380 e. The summed E-state index contributed by atoms with van der Waals surface area (Å²) in [4.78, 5) is 0. The van der Waals surface area contributed by atoms with Crippen molar-refractivity contribution < 1.29 is 14.2 Å². The molecule has 0 radical (unpaired) electrons. The van der Waals surface area contributed by atoms with Gasteiger partial charge in [-0.3, -0.25) is 0 Å². The molecule has 14 heavy (non-hydrogen) atoms. The van der Waals surface area contributed by atoms with Crippen molar-refractivity contribution in [3.05, 3.63) is 0 Å². The summed E-state index contributed by atoms with van der Waals surface area (Å²) in [7, 11) is 0. The molecule has 4 nitrogen and oxygen atoms in total. The Kier molecular flexibility index (Phi) is 6.10. The van der Waals surface area contributed by atoms with Crippen LogP contribution in [0.4, 0.5) is 0 Å². The molecule has 0 spiro atoms. The van der Waals surface area contributed by atoms with Crippen LogP contribution in [0.2, 0.25) is 0 Å². The third-order valence-electron chi connectivity index (χ3n) is 2.18. The average molecular weight is 203 g/mol. The van der Waals surface area contributed by atoms with Gasteiger partial charge in [0.15, 0.2) is 6.29 Å². The van der Waals surface area contributed by atoms with Crippen LogP contribution >= 0.6 is 0 Å². The van der Waals surface area contributed by atoms with E-state index in [0.717, 1.165) is 39.4 Å². The zero-order valence-electron chi connectivity index (χ0n) is 9.12. The molecule has 4 heteroatoms. The standard InChI is InChI=1S/C10H21NO3/c1-3-11-9(8-12-4-2)7-10-13-5-6-14-10/h9-11H,3-8H2,1-2H3. The molecule has 1 heterocycles. The second-order valence-electron chi connectivity index (χ2n) is 3.32. The van der Waals surface area contributed by atoms with Gasteiger partial charge in [0.1, 0.15) is 0 Å². The number of hydrogen-bond donors (Lipinski definition) is 1. The lowest BCUT2D eigenvalue weighted by Crippen LogP contribution is -2.36. The topological polar surface area (TPSA) is 39.7 Å². The quantitative estimate of drug-likeness (QED) is 0.663.